The van der Waals surface area contributed by atoms with Gasteiger partial charge in [-0.3, -0.25) is 4.31 Å². The van der Waals surface area contributed by atoms with Crippen molar-refractivity contribution in [2.75, 3.05) is 12.8 Å². The molecule has 0 saturated carbocycles. The van der Waals surface area contributed by atoms with Crippen LogP contribution in [-0.2, 0) is 15.2 Å². The van der Waals surface area contributed by atoms with Crippen molar-refractivity contribution >= 4 is 44.5 Å². The van der Waals surface area contributed by atoms with Gasteiger partial charge in [-0.25, -0.2) is 9.20 Å². The third-order valence-corrected chi connectivity index (χ3v) is 8.70. The fourth-order valence-electron chi connectivity index (χ4n) is 3.17. The zero-order valence-corrected chi connectivity index (χ0v) is 17.8. The first kappa shape index (κ1) is 19.0. The van der Waals surface area contributed by atoms with Crippen molar-refractivity contribution in [2.45, 2.75) is 12.5 Å². The SMILES string of the molecule is C=S1(=O)C[C@@](C)(c2sc(-c3cc(-c4ccccc4)no3)cc2Cl)N=C(N)N1C. The van der Waals surface area contributed by atoms with E-state index in [0.717, 1.165) is 21.0 Å². The molecule has 0 amide bonds. The van der Waals surface area contributed by atoms with Crippen LogP contribution in [0.1, 0.15) is 11.8 Å². The predicted molar refractivity (Wildman–Crippen MR) is 117 cm³/mol. The van der Waals surface area contributed by atoms with Gasteiger partial charge in [0.25, 0.3) is 0 Å². The Bertz CT molecular complexity index is 1170. The second-order valence-electron chi connectivity index (χ2n) is 6.89. The molecule has 6 nitrogen and oxygen atoms in total. The van der Waals surface area contributed by atoms with Gasteiger partial charge in [0.1, 0.15) is 11.2 Å². The number of rotatable bonds is 3. The van der Waals surface area contributed by atoms with Gasteiger partial charge >= 0.3 is 0 Å². The summed E-state index contributed by atoms with van der Waals surface area (Å²) in [4.78, 5) is 6.15. The molecule has 2 atom stereocenters. The van der Waals surface area contributed by atoms with Crippen LogP contribution < -0.4 is 5.73 Å². The fourth-order valence-corrected chi connectivity index (χ4v) is 6.51. The number of halogens is 1. The molecule has 28 heavy (non-hydrogen) atoms. The van der Waals surface area contributed by atoms with Gasteiger partial charge < -0.3 is 10.3 Å². The molecule has 1 unspecified atom stereocenters. The molecule has 146 valence electrons. The molecule has 3 heterocycles. The van der Waals surface area contributed by atoms with Gasteiger partial charge in [-0.15, -0.1) is 11.3 Å². The molecular weight excluding hydrogens is 416 g/mol. The van der Waals surface area contributed by atoms with E-state index in [1.54, 1.807) is 7.05 Å². The van der Waals surface area contributed by atoms with Crippen LogP contribution in [0.25, 0.3) is 21.9 Å². The van der Waals surface area contributed by atoms with E-state index < -0.39 is 15.2 Å². The lowest BCUT2D eigenvalue weighted by Gasteiger charge is -2.36. The summed E-state index contributed by atoms with van der Waals surface area (Å²) in [5, 5.41) is 4.68. The van der Waals surface area contributed by atoms with E-state index in [0.29, 0.717) is 10.8 Å². The molecule has 2 N–H and O–H groups in total. The molecule has 9 heteroatoms. The number of nitrogens with zero attached hydrogens (tertiary/aromatic N) is 3. The Balaban J connectivity index is 1.73. The van der Waals surface area contributed by atoms with E-state index in [1.165, 1.54) is 15.6 Å². The minimum atomic E-state index is -2.58. The summed E-state index contributed by atoms with van der Waals surface area (Å²) >= 11 is 7.96. The van der Waals surface area contributed by atoms with Crippen molar-refractivity contribution in [2.24, 2.45) is 10.7 Å². The number of guanidine groups is 1. The first-order chi connectivity index (χ1) is 13.2. The largest absolute Gasteiger partial charge is 0.369 e. The average molecular weight is 435 g/mol. The number of hydrogen-bond donors (Lipinski definition) is 1. The van der Waals surface area contributed by atoms with Crippen LogP contribution in [0.3, 0.4) is 0 Å². The van der Waals surface area contributed by atoms with Crippen LogP contribution in [0.4, 0.5) is 0 Å². The highest BCUT2D eigenvalue weighted by molar-refractivity contribution is 7.98. The Hall–Kier alpha value is -2.29. The van der Waals surface area contributed by atoms with Gasteiger partial charge in [-0.05, 0) is 18.9 Å². The lowest BCUT2D eigenvalue weighted by atomic mass is 10.0. The van der Waals surface area contributed by atoms with Gasteiger partial charge in [0, 0.05) is 18.7 Å². The van der Waals surface area contributed by atoms with E-state index in [1.807, 2.05) is 49.4 Å². The standard InChI is InChI=1S/C19H19ClN4O2S2/c1-19(11-28(3,25)24(2)18(21)22-19)17-13(20)9-16(27-17)15-10-14(23-26-15)12-7-5-4-6-8-12/h4-10H,3,11H2,1-2H3,(H2,21,22)/t19-,28?/m0/s1. The maximum Gasteiger partial charge on any atom is 0.203 e. The molecule has 0 radical (unpaired) electrons. The lowest BCUT2D eigenvalue weighted by Crippen LogP contribution is -2.50. The van der Waals surface area contributed by atoms with Gasteiger partial charge in [0.15, 0.2) is 5.76 Å². The third-order valence-electron chi connectivity index (χ3n) is 4.69. The first-order valence-electron chi connectivity index (χ1n) is 8.46. The van der Waals surface area contributed by atoms with Crippen molar-refractivity contribution in [1.82, 2.24) is 9.46 Å². The molecule has 0 spiro atoms. The number of benzene rings is 1. The molecule has 0 fully saturated rings. The molecule has 2 aromatic heterocycles. The number of aromatic nitrogens is 1. The number of aliphatic imine (C=N–C) groups is 1. The molecule has 0 aliphatic carbocycles. The van der Waals surface area contributed by atoms with E-state index >= 15 is 0 Å². The summed E-state index contributed by atoms with van der Waals surface area (Å²) < 4.78 is 19.8. The lowest BCUT2D eigenvalue weighted by molar-refractivity contribution is 0.436. The minimum Gasteiger partial charge on any atom is -0.369 e. The maximum atomic E-state index is 12.9. The Morgan fingerprint density at radius 2 is 2.07 bits per heavy atom. The van der Waals surface area contributed by atoms with Gasteiger partial charge in [-0.2, -0.15) is 0 Å². The van der Waals surface area contributed by atoms with Crippen molar-refractivity contribution in [3.63, 3.8) is 0 Å². The van der Waals surface area contributed by atoms with Gasteiger partial charge in [0.2, 0.25) is 5.96 Å². The fraction of sp³-hybridized carbons (Fsp3) is 0.211. The van der Waals surface area contributed by atoms with Crippen molar-refractivity contribution in [3.8, 4) is 21.9 Å². The zero-order valence-electron chi connectivity index (χ0n) is 15.4. The summed E-state index contributed by atoms with van der Waals surface area (Å²) in [6, 6.07) is 13.5. The first-order valence-corrected chi connectivity index (χ1v) is 11.5. The highest BCUT2D eigenvalue weighted by Crippen LogP contribution is 2.44. The molecule has 4 rings (SSSR count). The topological polar surface area (TPSA) is 84.7 Å². The van der Waals surface area contributed by atoms with E-state index in [-0.39, 0.29) is 11.7 Å². The van der Waals surface area contributed by atoms with Gasteiger partial charge in [0.05, 0.1) is 30.2 Å². The van der Waals surface area contributed by atoms with E-state index in [9.17, 15) is 4.21 Å². The Kier molecular flexibility index (Phi) is 4.52. The van der Waals surface area contributed by atoms with Crippen LogP contribution in [0.15, 0.2) is 52.0 Å². The van der Waals surface area contributed by atoms with Gasteiger partial charge in [-0.1, -0.05) is 47.1 Å². The van der Waals surface area contributed by atoms with E-state index in [4.69, 9.17) is 21.9 Å². The van der Waals surface area contributed by atoms with Crippen molar-refractivity contribution < 1.29 is 8.73 Å². The Morgan fingerprint density at radius 3 is 2.75 bits per heavy atom. The number of nitrogens with two attached hydrogens (primary N) is 1. The highest BCUT2D eigenvalue weighted by atomic mass is 35.5. The number of thiophene rings is 1. The summed E-state index contributed by atoms with van der Waals surface area (Å²) in [5.74, 6) is 4.86. The van der Waals surface area contributed by atoms with Crippen LogP contribution in [-0.4, -0.2) is 38.3 Å². The predicted octanol–water partition coefficient (Wildman–Crippen LogP) is 3.83. The molecular formula is C19H19ClN4O2S2. The van der Waals surface area contributed by atoms with Crippen LogP contribution in [0.2, 0.25) is 5.02 Å². The Morgan fingerprint density at radius 1 is 1.36 bits per heavy atom. The summed E-state index contributed by atoms with van der Waals surface area (Å²) in [6.45, 7) is 1.87. The Labute approximate surface area is 172 Å². The highest BCUT2D eigenvalue weighted by Gasteiger charge is 2.39. The summed E-state index contributed by atoms with van der Waals surface area (Å²) in [7, 11) is -0.947. The van der Waals surface area contributed by atoms with Crippen LogP contribution in [0, 0.1) is 0 Å². The second kappa shape index (κ2) is 6.65. The van der Waals surface area contributed by atoms with Crippen LogP contribution in [0.5, 0.6) is 0 Å². The summed E-state index contributed by atoms with van der Waals surface area (Å²) in [6.07, 6.45) is 0. The molecule has 1 aliphatic rings. The molecule has 1 aromatic carbocycles. The van der Waals surface area contributed by atoms with Crippen molar-refractivity contribution in [1.29, 1.82) is 0 Å². The molecule has 3 aromatic rings. The molecule has 1 aliphatic heterocycles. The normalized spacial score (nSPS) is 25.0. The summed E-state index contributed by atoms with van der Waals surface area (Å²) in [5.41, 5.74) is 6.89. The quantitative estimate of drug-likeness (QED) is 0.635. The number of hydrogen-bond acceptors (Lipinski definition) is 6. The average Bonchev–Trinajstić information content (AvgIpc) is 3.27. The smallest absolute Gasteiger partial charge is 0.203 e. The van der Waals surface area contributed by atoms with Crippen molar-refractivity contribution in [3.05, 3.63) is 52.4 Å². The minimum absolute atomic E-state index is 0.186. The monoisotopic (exact) mass is 434 g/mol. The van der Waals surface area contributed by atoms with Crippen LogP contribution >= 0.6 is 22.9 Å². The maximum absolute atomic E-state index is 12.9. The zero-order chi connectivity index (χ0) is 20.1. The second-order valence-corrected chi connectivity index (χ2v) is 10.7. The van der Waals surface area contributed by atoms with E-state index in [2.05, 4.69) is 16.0 Å². The third kappa shape index (κ3) is 3.21. The molecule has 0 bridgehead atoms. The molecule has 0 saturated heterocycles.